The number of benzene rings is 1. The van der Waals surface area contributed by atoms with Crippen LogP contribution in [0.1, 0.15) is 32.8 Å². The molecule has 110 valence electrons. The summed E-state index contributed by atoms with van der Waals surface area (Å²) in [5.74, 6) is -0.427. The molecular formula is C15H21FN2O2. The molecule has 0 heterocycles. The monoisotopic (exact) mass is 280 g/mol. The highest BCUT2D eigenvalue weighted by Crippen LogP contribution is 2.15. The second kappa shape index (κ2) is 6.93. The van der Waals surface area contributed by atoms with Crippen LogP contribution >= 0.6 is 0 Å². The van der Waals surface area contributed by atoms with Crippen molar-refractivity contribution in [3.8, 4) is 0 Å². The largest absolute Gasteiger partial charge is 0.444 e. The predicted octanol–water partition coefficient (Wildman–Crippen LogP) is 3.34. The number of halogens is 1. The lowest BCUT2D eigenvalue weighted by molar-refractivity contribution is 0.0529. The van der Waals surface area contributed by atoms with Crippen molar-refractivity contribution in [1.82, 2.24) is 5.32 Å². The third-order valence-corrected chi connectivity index (χ3v) is 2.34. The summed E-state index contributed by atoms with van der Waals surface area (Å²) in [5, 5.41) is 2.62. The molecule has 0 unspecified atom stereocenters. The minimum atomic E-state index is -0.509. The number of alkyl carbamates (subject to hydrolysis) is 1. The first kappa shape index (κ1) is 16.0. The lowest BCUT2D eigenvalue weighted by atomic mass is 10.1. The number of rotatable bonds is 4. The Morgan fingerprint density at radius 1 is 1.45 bits per heavy atom. The molecule has 1 amide bonds. The average Bonchev–Trinajstić information content (AvgIpc) is 2.31. The highest BCUT2D eigenvalue weighted by Gasteiger charge is 2.15. The van der Waals surface area contributed by atoms with Crippen LogP contribution in [-0.4, -0.2) is 18.2 Å². The molecule has 0 saturated carbocycles. The van der Waals surface area contributed by atoms with Gasteiger partial charge in [-0.2, -0.15) is 0 Å². The van der Waals surface area contributed by atoms with Crippen molar-refractivity contribution < 1.29 is 13.9 Å². The average molecular weight is 280 g/mol. The zero-order valence-corrected chi connectivity index (χ0v) is 12.1. The SMILES string of the molecule is CC(C)(C)OC(=O)NCCC=Cc1cccc(N)c1F. The van der Waals surface area contributed by atoms with Crippen molar-refractivity contribution in [2.45, 2.75) is 32.8 Å². The Morgan fingerprint density at radius 2 is 2.15 bits per heavy atom. The highest BCUT2D eigenvalue weighted by atomic mass is 19.1. The molecular weight excluding hydrogens is 259 g/mol. The normalized spacial score (nSPS) is 11.6. The van der Waals surface area contributed by atoms with Crippen LogP contribution < -0.4 is 11.1 Å². The molecule has 5 heteroatoms. The van der Waals surface area contributed by atoms with Crippen molar-refractivity contribution in [2.24, 2.45) is 0 Å². The van der Waals surface area contributed by atoms with Gasteiger partial charge in [0.05, 0.1) is 5.69 Å². The van der Waals surface area contributed by atoms with Crippen LogP contribution in [0.25, 0.3) is 6.08 Å². The molecule has 0 radical (unpaired) electrons. The van der Waals surface area contributed by atoms with Gasteiger partial charge in [-0.25, -0.2) is 9.18 Å². The number of nitrogen functional groups attached to an aromatic ring is 1. The van der Waals surface area contributed by atoms with Crippen LogP contribution in [0.15, 0.2) is 24.3 Å². The maximum Gasteiger partial charge on any atom is 0.407 e. The van der Waals surface area contributed by atoms with Gasteiger partial charge in [0.15, 0.2) is 5.82 Å². The summed E-state index contributed by atoms with van der Waals surface area (Å²) in [4.78, 5) is 11.4. The Hall–Kier alpha value is -2.04. The van der Waals surface area contributed by atoms with Crippen molar-refractivity contribution in [2.75, 3.05) is 12.3 Å². The maximum atomic E-state index is 13.6. The second-order valence-corrected chi connectivity index (χ2v) is 5.37. The first-order chi connectivity index (χ1) is 9.29. The number of anilines is 1. The molecule has 0 aliphatic rings. The molecule has 1 aromatic rings. The third kappa shape index (κ3) is 5.73. The van der Waals surface area contributed by atoms with E-state index in [9.17, 15) is 9.18 Å². The molecule has 0 aliphatic heterocycles. The van der Waals surface area contributed by atoms with E-state index in [1.165, 1.54) is 6.07 Å². The van der Waals surface area contributed by atoms with Crippen LogP contribution in [0, 0.1) is 5.82 Å². The molecule has 1 aromatic carbocycles. The van der Waals surface area contributed by atoms with Gasteiger partial charge in [0.2, 0.25) is 0 Å². The number of nitrogens with two attached hydrogens (primary N) is 1. The third-order valence-electron chi connectivity index (χ3n) is 2.34. The van der Waals surface area contributed by atoms with E-state index in [0.29, 0.717) is 18.5 Å². The highest BCUT2D eigenvalue weighted by molar-refractivity contribution is 5.67. The summed E-state index contributed by atoms with van der Waals surface area (Å²) in [5.41, 5.74) is 5.51. The van der Waals surface area contributed by atoms with Gasteiger partial charge in [-0.05, 0) is 33.3 Å². The fourth-order valence-corrected chi connectivity index (χ4v) is 1.48. The van der Waals surface area contributed by atoms with Crippen LogP contribution in [0.4, 0.5) is 14.9 Å². The van der Waals surface area contributed by atoms with E-state index in [1.54, 1.807) is 45.1 Å². The number of carbonyl (C=O) groups excluding carboxylic acids is 1. The fraction of sp³-hybridized carbons (Fsp3) is 0.400. The summed E-state index contributed by atoms with van der Waals surface area (Å²) in [6, 6.07) is 4.84. The molecule has 0 spiro atoms. The van der Waals surface area contributed by atoms with Gasteiger partial charge >= 0.3 is 6.09 Å². The second-order valence-electron chi connectivity index (χ2n) is 5.37. The molecule has 0 aliphatic carbocycles. The van der Waals surface area contributed by atoms with E-state index < -0.39 is 17.5 Å². The topological polar surface area (TPSA) is 64.3 Å². The smallest absolute Gasteiger partial charge is 0.407 e. The lowest BCUT2D eigenvalue weighted by Gasteiger charge is -2.19. The van der Waals surface area contributed by atoms with Gasteiger partial charge in [0.25, 0.3) is 0 Å². The van der Waals surface area contributed by atoms with Crippen molar-refractivity contribution in [1.29, 1.82) is 0 Å². The van der Waals surface area contributed by atoms with Crippen molar-refractivity contribution in [3.05, 3.63) is 35.7 Å². The van der Waals surface area contributed by atoms with Gasteiger partial charge in [0, 0.05) is 12.1 Å². The summed E-state index contributed by atoms with van der Waals surface area (Å²) < 4.78 is 18.6. The van der Waals surface area contributed by atoms with Crippen LogP contribution in [0.3, 0.4) is 0 Å². The van der Waals surface area contributed by atoms with Gasteiger partial charge in [0.1, 0.15) is 5.60 Å². The van der Waals surface area contributed by atoms with E-state index in [0.717, 1.165) is 0 Å². The van der Waals surface area contributed by atoms with Gasteiger partial charge in [-0.1, -0.05) is 24.3 Å². The molecule has 3 N–H and O–H groups in total. The van der Waals surface area contributed by atoms with Crippen molar-refractivity contribution in [3.63, 3.8) is 0 Å². The first-order valence-corrected chi connectivity index (χ1v) is 6.47. The molecule has 0 atom stereocenters. The maximum absolute atomic E-state index is 13.6. The van der Waals surface area contributed by atoms with Crippen molar-refractivity contribution >= 4 is 17.9 Å². The Labute approximate surface area is 118 Å². The van der Waals surface area contributed by atoms with E-state index in [1.807, 2.05) is 0 Å². The number of hydrogen-bond acceptors (Lipinski definition) is 3. The van der Waals surface area contributed by atoms with Crippen LogP contribution in [-0.2, 0) is 4.74 Å². The zero-order chi connectivity index (χ0) is 15.2. The molecule has 0 aromatic heterocycles. The van der Waals surface area contributed by atoms with Gasteiger partial charge in [-0.15, -0.1) is 0 Å². The van der Waals surface area contributed by atoms with E-state index in [-0.39, 0.29) is 5.69 Å². The number of amides is 1. The van der Waals surface area contributed by atoms with E-state index >= 15 is 0 Å². The number of carbonyl (C=O) groups is 1. The standard InChI is InChI=1S/C15H21FN2O2/c1-15(2,3)20-14(19)18-10-5-4-7-11-8-6-9-12(17)13(11)16/h4,6-9H,5,10,17H2,1-3H3,(H,18,19). The van der Waals surface area contributed by atoms with Crippen LogP contribution in [0.2, 0.25) is 0 Å². The Balaban J connectivity index is 2.36. The molecule has 0 fully saturated rings. The predicted molar refractivity (Wildman–Crippen MR) is 78.7 cm³/mol. The van der Waals surface area contributed by atoms with Gasteiger partial charge < -0.3 is 15.8 Å². The van der Waals surface area contributed by atoms with E-state index in [2.05, 4.69) is 5.32 Å². The molecule has 4 nitrogen and oxygen atoms in total. The fourth-order valence-electron chi connectivity index (χ4n) is 1.48. The van der Waals surface area contributed by atoms with Crippen LogP contribution in [0.5, 0.6) is 0 Å². The summed E-state index contributed by atoms with van der Waals surface area (Å²) >= 11 is 0. The number of ether oxygens (including phenoxy) is 1. The minimum Gasteiger partial charge on any atom is -0.444 e. The Morgan fingerprint density at radius 3 is 2.80 bits per heavy atom. The summed E-state index contributed by atoms with van der Waals surface area (Å²) in [6.45, 7) is 5.83. The first-order valence-electron chi connectivity index (χ1n) is 6.47. The molecule has 20 heavy (non-hydrogen) atoms. The number of hydrogen-bond donors (Lipinski definition) is 2. The quantitative estimate of drug-likeness (QED) is 0.656. The van der Waals surface area contributed by atoms with E-state index in [4.69, 9.17) is 10.5 Å². The van der Waals surface area contributed by atoms with Gasteiger partial charge in [-0.3, -0.25) is 0 Å². The number of nitrogens with one attached hydrogen (secondary N) is 1. The Bertz CT molecular complexity index is 493. The minimum absolute atomic E-state index is 0.124. The zero-order valence-electron chi connectivity index (χ0n) is 12.1. The molecule has 0 bridgehead atoms. The summed E-state index contributed by atoms with van der Waals surface area (Å²) in [6.07, 6.45) is 3.53. The lowest BCUT2D eigenvalue weighted by Crippen LogP contribution is -2.32. The molecule has 0 saturated heterocycles. The Kier molecular flexibility index (Phi) is 5.55. The summed E-state index contributed by atoms with van der Waals surface area (Å²) in [7, 11) is 0. The molecule has 1 rings (SSSR count).